The van der Waals surface area contributed by atoms with E-state index in [0.29, 0.717) is 5.41 Å². The number of aromatic nitrogens is 1. The molecule has 0 saturated heterocycles. The number of nitrogens with zero attached hydrogens (tertiary/aromatic N) is 1. The van der Waals surface area contributed by atoms with Crippen LogP contribution in [-0.2, 0) is 6.54 Å². The second-order valence-corrected chi connectivity index (χ2v) is 6.84. The lowest BCUT2D eigenvalue weighted by atomic mass is 9.78. The molecule has 2 heteroatoms. The van der Waals surface area contributed by atoms with Gasteiger partial charge in [-0.1, -0.05) is 26.7 Å². The van der Waals surface area contributed by atoms with Crippen molar-refractivity contribution in [3.63, 3.8) is 0 Å². The highest BCUT2D eigenvalue weighted by molar-refractivity contribution is 5.77. The lowest BCUT2D eigenvalue weighted by molar-refractivity contribution is 0.112. The zero-order valence-electron chi connectivity index (χ0n) is 12.8. The highest BCUT2D eigenvalue weighted by Crippen LogP contribution is 2.45. The van der Waals surface area contributed by atoms with Crippen molar-refractivity contribution in [1.82, 2.24) is 4.57 Å². The maximum absolute atomic E-state index is 11.1. The number of aldehydes is 1. The number of carbonyl (C=O) groups is 1. The van der Waals surface area contributed by atoms with Crippen molar-refractivity contribution in [2.45, 2.75) is 66.3 Å². The Labute approximate surface area is 117 Å². The van der Waals surface area contributed by atoms with Crippen molar-refractivity contribution in [3.05, 3.63) is 23.0 Å². The fourth-order valence-electron chi connectivity index (χ4n) is 3.94. The van der Waals surface area contributed by atoms with E-state index in [-0.39, 0.29) is 0 Å². The summed E-state index contributed by atoms with van der Waals surface area (Å²) in [6, 6.07) is 2.03. The minimum absolute atomic E-state index is 0.461. The van der Waals surface area contributed by atoms with E-state index in [1.165, 1.54) is 37.8 Å². The fourth-order valence-corrected chi connectivity index (χ4v) is 3.94. The van der Waals surface area contributed by atoms with E-state index >= 15 is 0 Å². The number of aryl methyl sites for hydroxylation is 1. The molecule has 1 saturated carbocycles. The van der Waals surface area contributed by atoms with Gasteiger partial charge in [0, 0.05) is 23.5 Å². The summed E-state index contributed by atoms with van der Waals surface area (Å²) in [6.45, 7) is 9.95. The van der Waals surface area contributed by atoms with Crippen molar-refractivity contribution in [3.8, 4) is 0 Å². The molecule has 0 unspecified atom stereocenters. The van der Waals surface area contributed by atoms with Gasteiger partial charge in [-0.2, -0.15) is 0 Å². The molecule has 0 bridgehead atoms. The largest absolute Gasteiger partial charge is 0.348 e. The minimum atomic E-state index is 0.461. The molecule has 106 valence electrons. The van der Waals surface area contributed by atoms with Gasteiger partial charge < -0.3 is 4.57 Å². The van der Waals surface area contributed by atoms with Crippen LogP contribution >= 0.6 is 0 Å². The Morgan fingerprint density at radius 3 is 2.42 bits per heavy atom. The van der Waals surface area contributed by atoms with E-state index in [9.17, 15) is 4.79 Å². The molecule has 1 aromatic heterocycles. The zero-order valence-corrected chi connectivity index (χ0v) is 12.8. The summed E-state index contributed by atoms with van der Waals surface area (Å²) in [4.78, 5) is 11.1. The molecule has 1 heterocycles. The van der Waals surface area contributed by atoms with E-state index in [2.05, 4.69) is 32.3 Å². The highest BCUT2D eigenvalue weighted by Gasteiger charge is 2.35. The molecule has 2 nitrogen and oxygen atoms in total. The molecule has 0 aromatic carbocycles. The lowest BCUT2D eigenvalue weighted by Crippen LogP contribution is -2.26. The van der Waals surface area contributed by atoms with Crippen LogP contribution in [0.3, 0.4) is 0 Å². The number of hydrogen-bond acceptors (Lipinski definition) is 1. The second kappa shape index (κ2) is 5.52. The maximum atomic E-state index is 11.1. The molecule has 0 radical (unpaired) electrons. The number of carbonyl (C=O) groups excluding carboxylic acids is 1. The number of rotatable bonds is 5. The minimum Gasteiger partial charge on any atom is -0.348 e. The van der Waals surface area contributed by atoms with E-state index in [0.717, 1.165) is 30.0 Å². The third-order valence-corrected chi connectivity index (χ3v) is 4.74. The summed E-state index contributed by atoms with van der Waals surface area (Å²) >= 11 is 0. The van der Waals surface area contributed by atoms with Crippen LogP contribution in [0.4, 0.5) is 0 Å². The molecule has 19 heavy (non-hydrogen) atoms. The first-order valence-electron chi connectivity index (χ1n) is 7.59. The van der Waals surface area contributed by atoms with Crippen LogP contribution < -0.4 is 0 Å². The normalized spacial score (nSPS) is 18.2. The first-order valence-corrected chi connectivity index (χ1v) is 7.59. The van der Waals surface area contributed by atoms with Crippen LogP contribution in [0.5, 0.6) is 0 Å². The third kappa shape index (κ3) is 2.93. The van der Waals surface area contributed by atoms with Crippen LogP contribution in [-0.4, -0.2) is 10.9 Å². The Hall–Kier alpha value is -1.05. The predicted octanol–water partition coefficient (Wildman–Crippen LogP) is 4.52. The highest BCUT2D eigenvalue weighted by atomic mass is 16.1. The Balaban J connectivity index is 2.27. The molecular weight excluding hydrogens is 234 g/mol. The van der Waals surface area contributed by atoms with Gasteiger partial charge in [-0.3, -0.25) is 4.79 Å². The molecule has 1 aliphatic rings. The monoisotopic (exact) mass is 261 g/mol. The summed E-state index contributed by atoms with van der Waals surface area (Å²) in [7, 11) is 0. The van der Waals surface area contributed by atoms with Crippen molar-refractivity contribution in [1.29, 1.82) is 0 Å². The van der Waals surface area contributed by atoms with E-state index in [1.807, 2.05) is 6.07 Å². The second-order valence-electron chi connectivity index (χ2n) is 6.84. The molecule has 2 rings (SSSR count). The topological polar surface area (TPSA) is 22.0 Å². The van der Waals surface area contributed by atoms with Gasteiger partial charge in [0.15, 0.2) is 6.29 Å². The Bertz CT molecular complexity index is 450. The molecule has 0 atom stereocenters. The van der Waals surface area contributed by atoms with Gasteiger partial charge in [0.1, 0.15) is 0 Å². The standard InChI is InChI=1S/C17H27NO/c1-13(2)10-17(7-5-6-8-17)12-18-14(3)9-16(11-19)15(18)4/h9,11,13H,5-8,10,12H2,1-4H3. The average molecular weight is 261 g/mol. The smallest absolute Gasteiger partial charge is 0.151 e. The van der Waals surface area contributed by atoms with Crippen LogP contribution in [0.25, 0.3) is 0 Å². The van der Waals surface area contributed by atoms with Crippen molar-refractivity contribution in [2.75, 3.05) is 0 Å². The van der Waals surface area contributed by atoms with Gasteiger partial charge in [-0.15, -0.1) is 0 Å². The Morgan fingerprint density at radius 2 is 1.95 bits per heavy atom. The summed E-state index contributed by atoms with van der Waals surface area (Å²) in [5, 5.41) is 0. The van der Waals surface area contributed by atoms with Crippen LogP contribution in [0.15, 0.2) is 6.07 Å². The third-order valence-electron chi connectivity index (χ3n) is 4.74. The van der Waals surface area contributed by atoms with Gasteiger partial charge in [0.25, 0.3) is 0 Å². The molecule has 0 spiro atoms. The summed E-state index contributed by atoms with van der Waals surface area (Å²) in [5.41, 5.74) is 3.69. The lowest BCUT2D eigenvalue weighted by Gasteiger charge is -2.32. The van der Waals surface area contributed by atoms with Crippen LogP contribution in [0.1, 0.15) is 67.7 Å². The van der Waals surface area contributed by atoms with Crippen molar-refractivity contribution >= 4 is 6.29 Å². The van der Waals surface area contributed by atoms with Gasteiger partial charge in [-0.05, 0) is 50.5 Å². The zero-order chi connectivity index (χ0) is 14.0. The molecule has 0 amide bonds. The predicted molar refractivity (Wildman–Crippen MR) is 79.6 cm³/mol. The SMILES string of the molecule is Cc1cc(C=O)c(C)n1CC1(CC(C)C)CCCC1. The summed E-state index contributed by atoms with van der Waals surface area (Å²) < 4.78 is 2.37. The summed E-state index contributed by atoms with van der Waals surface area (Å²) in [5.74, 6) is 0.750. The van der Waals surface area contributed by atoms with Gasteiger partial charge >= 0.3 is 0 Å². The Kier molecular flexibility index (Phi) is 4.17. The average Bonchev–Trinajstić information content (AvgIpc) is 2.89. The first kappa shape index (κ1) is 14.4. The number of hydrogen-bond donors (Lipinski definition) is 0. The van der Waals surface area contributed by atoms with Crippen molar-refractivity contribution < 1.29 is 4.79 Å². The maximum Gasteiger partial charge on any atom is 0.151 e. The summed E-state index contributed by atoms with van der Waals surface area (Å²) in [6.07, 6.45) is 7.72. The quantitative estimate of drug-likeness (QED) is 0.714. The van der Waals surface area contributed by atoms with E-state index < -0.39 is 0 Å². The first-order chi connectivity index (χ1) is 8.97. The van der Waals surface area contributed by atoms with Gasteiger partial charge in [-0.25, -0.2) is 0 Å². The van der Waals surface area contributed by atoms with E-state index in [4.69, 9.17) is 0 Å². The van der Waals surface area contributed by atoms with Gasteiger partial charge in [0.2, 0.25) is 0 Å². The molecular formula is C17H27NO. The Morgan fingerprint density at radius 1 is 1.32 bits per heavy atom. The van der Waals surface area contributed by atoms with Gasteiger partial charge in [0.05, 0.1) is 0 Å². The molecule has 1 fully saturated rings. The molecule has 0 aliphatic heterocycles. The van der Waals surface area contributed by atoms with Crippen molar-refractivity contribution in [2.24, 2.45) is 11.3 Å². The van der Waals surface area contributed by atoms with Crippen LogP contribution in [0.2, 0.25) is 0 Å². The molecule has 1 aromatic rings. The fraction of sp³-hybridized carbons (Fsp3) is 0.706. The van der Waals surface area contributed by atoms with Crippen LogP contribution in [0, 0.1) is 25.2 Å². The molecule has 0 N–H and O–H groups in total. The van der Waals surface area contributed by atoms with E-state index in [1.54, 1.807) is 0 Å². The molecule has 1 aliphatic carbocycles.